The molecule has 1 unspecified atom stereocenters. The van der Waals surface area contributed by atoms with Gasteiger partial charge in [-0.1, -0.05) is 35.0 Å². The molecule has 1 N–H and O–H groups in total. The summed E-state index contributed by atoms with van der Waals surface area (Å²) >= 11 is 0. The Balaban J connectivity index is 1.66. The van der Waals surface area contributed by atoms with Crippen molar-refractivity contribution in [3.8, 4) is 22.9 Å². The minimum atomic E-state index is -3.87. The molecule has 10 heteroatoms. The molecule has 1 atom stereocenters. The van der Waals surface area contributed by atoms with E-state index in [9.17, 15) is 13.2 Å². The summed E-state index contributed by atoms with van der Waals surface area (Å²) in [6.07, 6.45) is 0. The average molecular weight is 460 g/mol. The number of nitrogens with zero attached hydrogens (tertiary/aromatic N) is 2. The van der Waals surface area contributed by atoms with Crippen LogP contribution in [-0.4, -0.2) is 43.9 Å². The van der Waals surface area contributed by atoms with E-state index in [2.05, 4.69) is 15.5 Å². The third-order valence-corrected chi connectivity index (χ3v) is 6.87. The highest BCUT2D eigenvalue weighted by molar-refractivity contribution is 7.92. The predicted molar refractivity (Wildman–Crippen MR) is 118 cm³/mol. The van der Waals surface area contributed by atoms with Gasteiger partial charge in [0.25, 0.3) is 0 Å². The Morgan fingerprint density at radius 2 is 1.78 bits per heavy atom. The van der Waals surface area contributed by atoms with Crippen molar-refractivity contribution in [1.29, 1.82) is 0 Å². The van der Waals surface area contributed by atoms with E-state index in [0.29, 0.717) is 17.1 Å². The Hall–Kier alpha value is -3.40. The first kappa shape index (κ1) is 23.3. The Bertz CT molecular complexity index is 1190. The topological polar surface area (TPSA) is 121 Å². The van der Waals surface area contributed by atoms with Crippen LogP contribution in [0.4, 0.5) is 0 Å². The fraction of sp³-hybridized carbons (Fsp3) is 0.318. The zero-order chi connectivity index (χ0) is 23.3. The second-order valence-electron chi connectivity index (χ2n) is 7.23. The first-order valence-corrected chi connectivity index (χ1v) is 11.5. The fourth-order valence-corrected chi connectivity index (χ4v) is 4.03. The normalized spacial score (nSPS) is 12.2. The van der Waals surface area contributed by atoms with Crippen molar-refractivity contribution in [2.24, 2.45) is 0 Å². The largest absolute Gasteiger partial charge is 0.493 e. The van der Waals surface area contributed by atoms with Gasteiger partial charge in [-0.3, -0.25) is 4.79 Å². The van der Waals surface area contributed by atoms with Crippen molar-refractivity contribution in [1.82, 2.24) is 15.5 Å². The highest BCUT2D eigenvalue weighted by atomic mass is 32.2. The van der Waals surface area contributed by atoms with Gasteiger partial charge >= 0.3 is 0 Å². The number of methoxy groups -OCH3 is 2. The van der Waals surface area contributed by atoms with Crippen LogP contribution in [0.2, 0.25) is 0 Å². The van der Waals surface area contributed by atoms with Crippen molar-refractivity contribution >= 4 is 15.7 Å². The molecule has 32 heavy (non-hydrogen) atoms. The molecular weight excluding hydrogens is 434 g/mol. The molecule has 0 saturated heterocycles. The van der Waals surface area contributed by atoms with Crippen molar-refractivity contribution in [2.75, 3.05) is 14.2 Å². The molecule has 1 aromatic heterocycles. The first-order valence-electron chi connectivity index (χ1n) is 9.83. The summed E-state index contributed by atoms with van der Waals surface area (Å²) in [5, 5.41) is 5.22. The van der Waals surface area contributed by atoms with E-state index in [1.807, 2.05) is 31.2 Å². The zero-order valence-corrected chi connectivity index (χ0v) is 19.1. The maximum Gasteiger partial charge on any atom is 0.242 e. The third-order valence-electron chi connectivity index (χ3n) is 4.93. The van der Waals surface area contributed by atoms with Crippen molar-refractivity contribution in [2.45, 2.75) is 31.4 Å². The smallest absolute Gasteiger partial charge is 0.242 e. The Kier molecular flexibility index (Phi) is 7.14. The van der Waals surface area contributed by atoms with Gasteiger partial charge in [0.05, 0.1) is 14.2 Å². The summed E-state index contributed by atoms with van der Waals surface area (Å²) in [4.78, 5) is 16.6. The number of benzene rings is 2. The van der Waals surface area contributed by atoms with Crippen molar-refractivity contribution in [3.63, 3.8) is 0 Å². The summed E-state index contributed by atoms with van der Waals surface area (Å²) in [6, 6.07) is 12.6. The lowest BCUT2D eigenvalue weighted by Gasteiger charge is -2.12. The third kappa shape index (κ3) is 5.44. The number of nitrogens with one attached hydrogen (secondary N) is 1. The van der Waals surface area contributed by atoms with Crippen LogP contribution < -0.4 is 14.8 Å². The van der Waals surface area contributed by atoms with E-state index in [-0.39, 0.29) is 18.3 Å². The van der Waals surface area contributed by atoms with Gasteiger partial charge < -0.3 is 19.3 Å². The Morgan fingerprint density at radius 1 is 1.09 bits per heavy atom. The Labute approximate surface area is 186 Å². The molecule has 0 bridgehead atoms. The zero-order valence-electron chi connectivity index (χ0n) is 18.3. The molecule has 2 aromatic carbocycles. The van der Waals surface area contributed by atoms with Gasteiger partial charge in [-0.15, -0.1) is 0 Å². The maximum absolute atomic E-state index is 12.7. The number of rotatable bonds is 9. The number of ether oxygens (including phenoxy) is 2. The summed E-state index contributed by atoms with van der Waals surface area (Å²) in [7, 11) is -0.847. The number of hydrogen-bond donors (Lipinski definition) is 1. The lowest BCUT2D eigenvalue weighted by atomic mass is 10.1. The molecule has 1 amide bonds. The molecule has 3 rings (SSSR count). The van der Waals surface area contributed by atoms with Crippen LogP contribution in [0.1, 0.15) is 23.9 Å². The van der Waals surface area contributed by atoms with Crippen LogP contribution in [0, 0.1) is 6.92 Å². The molecule has 0 aliphatic rings. The molecule has 0 saturated carbocycles. The van der Waals surface area contributed by atoms with Gasteiger partial charge in [-0.2, -0.15) is 4.98 Å². The van der Waals surface area contributed by atoms with E-state index in [0.717, 1.165) is 11.1 Å². The standard InChI is InChI=1S/C22H25N3O6S/c1-14-5-7-16(8-6-14)12-23-22(26)15(2)32(27,28)13-20-24-21(25-31-20)17-9-10-18(29-3)19(11-17)30-4/h5-11,15H,12-13H2,1-4H3,(H,23,26). The van der Waals surface area contributed by atoms with Gasteiger partial charge in [0, 0.05) is 12.1 Å². The van der Waals surface area contributed by atoms with Crippen LogP contribution in [0.3, 0.4) is 0 Å². The predicted octanol–water partition coefficient (Wildman–Crippen LogP) is 2.68. The van der Waals surface area contributed by atoms with Gasteiger partial charge in [0.1, 0.15) is 11.0 Å². The van der Waals surface area contributed by atoms with E-state index >= 15 is 0 Å². The molecule has 170 valence electrons. The van der Waals surface area contributed by atoms with Crippen LogP contribution in [0.5, 0.6) is 11.5 Å². The molecule has 0 fully saturated rings. The van der Waals surface area contributed by atoms with Gasteiger partial charge in [-0.25, -0.2) is 8.42 Å². The minimum Gasteiger partial charge on any atom is -0.493 e. The number of amides is 1. The molecule has 0 aliphatic heterocycles. The average Bonchev–Trinajstić information content (AvgIpc) is 3.25. The molecule has 9 nitrogen and oxygen atoms in total. The number of aryl methyl sites for hydroxylation is 1. The number of carbonyl (C=O) groups is 1. The molecule has 0 aliphatic carbocycles. The maximum atomic E-state index is 12.7. The van der Waals surface area contributed by atoms with Crippen molar-refractivity contribution < 1.29 is 27.2 Å². The molecule has 3 aromatic rings. The first-order chi connectivity index (χ1) is 15.2. The second-order valence-corrected chi connectivity index (χ2v) is 9.56. The van der Waals surface area contributed by atoms with E-state index in [1.54, 1.807) is 18.2 Å². The van der Waals surface area contributed by atoms with E-state index < -0.39 is 26.7 Å². The quantitative estimate of drug-likeness (QED) is 0.518. The van der Waals surface area contributed by atoms with Gasteiger partial charge in [0.15, 0.2) is 21.3 Å². The lowest BCUT2D eigenvalue weighted by Crippen LogP contribution is -2.38. The SMILES string of the molecule is COc1ccc(-c2noc(CS(=O)(=O)C(C)C(=O)NCc3ccc(C)cc3)n2)cc1OC. The summed E-state index contributed by atoms with van der Waals surface area (Å²) in [5.41, 5.74) is 2.55. The van der Waals surface area contributed by atoms with Crippen LogP contribution in [-0.2, 0) is 26.9 Å². The summed E-state index contributed by atoms with van der Waals surface area (Å²) < 4.78 is 41.0. The van der Waals surface area contributed by atoms with E-state index in [1.165, 1.54) is 21.1 Å². The highest BCUT2D eigenvalue weighted by Gasteiger charge is 2.30. The fourth-order valence-electron chi connectivity index (χ4n) is 2.91. The van der Waals surface area contributed by atoms with Crippen LogP contribution >= 0.6 is 0 Å². The summed E-state index contributed by atoms with van der Waals surface area (Å²) in [6.45, 7) is 3.54. The summed E-state index contributed by atoms with van der Waals surface area (Å²) in [5.74, 6) is -0.0338. The molecule has 1 heterocycles. The van der Waals surface area contributed by atoms with E-state index in [4.69, 9.17) is 14.0 Å². The van der Waals surface area contributed by atoms with Crippen molar-refractivity contribution in [3.05, 3.63) is 59.5 Å². The number of sulfone groups is 1. The minimum absolute atomic E-state index is 0.104. The lowest BCUT2D eigenvalue weighted by molar-refractivity contribution is -0.120. The van der Waals surface area contributed by atoms with Gasteiger partial charge in [-0.05, 0) is 37.6 Å². The molecular formula is C22H25N3O6S. The van der Waals surface area contributed by atoms with Crippen LogP contribution in [0.15, 0.2) is 47.0 Å². The Morgan fingerprint density at radius 3 is 2.44 bits per heavy atom. The molecule has 0 radical (unpaired) electrons. The molecule has 0 spiro atoms. The number of carbonyl (C=O) groups excluding carboxylic acids is 1. The number of hydrogen-bond acceptors (Lipinski definition) is 8. The number of aromatic nitrogens is 2. The van der Waals surface area contributed by atoms with Gasteiger partial charge in [0.2, 0.25) is 17.6 Å². The van der Waals surface area contributed by atoms with Crippen LogP contribution in [0.25, 0.3) is 11.4 Å². The monoisotopic (exact) mass is 459 g/mol. The highest BCUT2D eigenvalue weighted by Crippen LogP contribution is 2.31. The second kappa shape index (κ2) is 9.82.